The number of allylic oxidation sites excluding steroid dienone is 1. The Morgan fingerprint density at radius 3 is 2.00 bits per heavy atom. The second kappa shape index (κ2) is 2.58. The van der Waals surface area contributed by atoms with Crippen molar-refractivity contribution in [2.24, 2.45) is 11.5 Å². The molecule has 0 unspecified atom stereocenters. The summed E-state index contributed by atoms with van der Waals surface area (Å²) in [6, 6.07) is 0. The van der Waals surface area contributed by atoms with Gasteiger partial charge in [-0.2, -0.15) is 0 Å². The van der Waals surface area contributed by atoms with Gasteiger partial charge in [0.05, 0.1) is 5.70 Å². The predicted octanol–water partition coefficient (Wildman–Crippen LogP) is 0.135. The fraction of sp³-hybridized carbons (Fsp3) is 0.250. The molecular weight excluding hydrogens is 108 g/mol. The van der Waals surface area contributed by atoms with Crippen LogP contribution in [-0.2, 0) is 0 Å². The van der Waals surface area contributed by atoms with Crippen molar-refractivity contribution < 1.29 is 0 Å². The maximum absolute atomic E-state index is 5.21. The quantitative estimate of drug-likeness (QED) is 0.378. The lowest BCUT2D eigenvalue weighted by atomic mass is 10.4. The van der Waals surface area contributed by atoms with Crippen LogP contribution in [0.1, 0.15) is 6.92 Å². The molecule has 2 nitrogen and oxygen atoms in total. The Kier molecular flexibility index (Phi) is 2.37. The molecule has 0 aliphatic heterocycles. The Hall–Kier alpha value is -0.570. The lowest BCUT2D eigenvalue weighted by Crippen LogP contribution is -2.17. The molecule has 0 aromatic rings. The normalized spacial score (nSPS) is 11.3. The van der Waals surface area contributed by atoms with Crippen molar-refractivity contribution in [1.82, 2.24) is 0 Å². The molecule has 0 aromatic heterocycles. The number of rotatable bonds is 1. The molecule has 0 heterocycles. The van der Waals surface area contributed by atoms with E-state index in [4.69, 9.17) is 11.5 Å². The first-order valence-electron chi connectivity index (χ1n) is 1.90. The van der Waals surface area contributed by atoms with Gasteiger partial charge in [0.2, 0.25) is 0 Å². The van der Waals surface area contributed by atoms with Crippen molar-refractivity contribution in [3.05, 3.63) is 11.8 Å². The molecule has 3 heteroatoms. The molecule has 0 fully saturated rings. The van der Waals surface area contributed by atoms with Crippen LogP contribution in [0.25, 0.3) is 0 Å². The van der Waals surface area contributed by atoms with E-state index in [1.54, 1.807) is 13.0 Å². The molecule has 0 saturated heterocycles. The summed E-state index contributed by atoms with van der Waals surface area (Å²) in [5.74, 6) is 0. The summed E-state index contributed by atoms with van der Waals surface area (Å²) in [5, 5.41) is 0. The van der Waals surface area contributed by atoms with E-state index < -0.39 is 0 Å². The topological polar surface area (TPSA) is 52.0 Å². The molecular formula is C4H8N2S. The summed E-state index contributed by atoms with van der Waals surface area (Å²) >= 11 is 4.50. The van der Waals surface area contributed by atoms with E-state index in [-0.39, 0.29) is 4.99 Å². The van der Waals surface area contributed by atoms with Crippen LogP contribution in [0.4, 0.5) is 0 Å². The largest absolute Gasteiger partial charge is 0.397 e. The van der Waals surface area contributed by atoms with E-state index in [1.807, 2.05) is 0 Å². The average molecular weight is 116 g/mol. The fourth-order valence-corrected chi connectivity index (χ4v) is 0.260. The molecule has 0 aliphatic carbocycles. The second-order valence-corrected chi connectivity index (χ2v) is 1.55. The molecule has 0 atom stereocenters. The van der Waals surface area contributed by atoms with Gasteiger partial charge in [-0.1, -0.05) is 18.3 Å². The third kappa shape index (κ3) is 2.17. The summed E-state index contributed by atoms with van der Waals surface area (Å²) in [4.78, 5) is 0.266. The van der Waals surface area contributed by atoms with Crippen molar-refractivity contribution in [3.8, 4) is 0 Å². The van der Waals surface area contributed by atoms with Crippen molar-refractivity contribution in [1.29, 1.82) is 0 Å². The molecule has 0 saturated carbocycles. The lowest BCUT2D eigenvalue weighted by molar-refractivity contribution is 1.43. The SMILES string of the molecule is CC=C(N)C(N)=S. The van der Waals surface area contributed by atoms with E-state index in [1.165, 1.54) is 0 Å². The Balaban J connectivity index is 3.82. The van der Waals surface area contributed by atoms with Gasteiger partial charge in [0.25, 0.3) is 0 Å². The summed E-state index contributed by atoms with van der Waals surface area (Å²) < 4.78 is 0. The lowest BCUT2D eigenvalue weighted by Gasteiger charge is -1.90. The Morgan fingerprint density at radius 2 is 2.00 bits per heavy atom. The third-order valence-electron chi connectivity index (χ3n) is 0.596. The van der Waals surface area contributed by atoms with Crippen molar-refractivity contribution in [2.75, 3.05) is 0 Å². The zero-order chi connectivity index (χ0) is 5.86. The molecule has 0 radical (unpaired) electrons. The van der Waals surface area contributed by atoms with Crippen LogP contribution in [0.15, 0.2) is 11.8 Å². The van der Waals surface area contributed by atoms with Gasteiger partial charge in [-0.3, -0.25) is 0 Å². The summed E-state index contributed by atoms with van der Waals surface area (Å²) in [7, 11) is 0. The van der Waals surface area contributed by atoms with Gasteiger partial charge in [0, 0.05) is 0 Å². The first kappa shape index (κ1) is 6.43. The van der Waals surface area contributed by atoms with Crippen LogP contribution in [0, 0.1) is 0 Å². The highest BCUT2D eigenvalue weighted by Gasteiger charge is 1.85. The van der Waals surface area contributed by atoms with Gasteiger partial charge >= 0.3 is 0 Å². The van der Waals surface area contributed by atoms with Gasteiger partial charge < -0.3 is 11.5 Å². The summed E-state index contributed by atoms with van der Waals surface area (Å²) in [5.41, 5.74) is 10.8. The zero-order valence-corrected chi connectivity index (χ0v) is 4.96. The maximum atomic E-state index is 5.21. The highest BCUT2D eigenvalue weighted by molar-refractivity contribution is 7.80. The van der Waals surface area contributed by atoms with Gasteiger partial charge in [-0.25, -0.2) is 0 Å². The smallest absolute Gasteiger partial charge is 0.119 e. The van der Waals surface area contributed by atoms with Crippen LogP contribution >= 0.6 is 12.2 Å². The van der Waals surface area contributed by atoms with Crippen molar-refractivity contribution >= 4 is 17.2 Å². The standard InChI is InChI=1S/C4H8N2S/c1-2-3(5)4(6)7/h2H,5H2,1H3,(H2,6,7). The number of nitrogens with two attached hydrogens (primary N) is 2. The van der Waals surface area contributed by atoms with E-state index >= 15 is 0 Å². The molecule has 0 spiro atoms. The van der Waals surface area contributed by atoms with Crippen molar-refractivity contribution in [3.63, 3.8) is 0 Å². The molecule has 4 N–H and O–H groups in total. The molecule has 0 aliphatic rings. The fourth-order valence-electron chi connectivity index (χ4n) is 0.142. The first-order valence-corrected chi connectivity index (χ1v) is 2.31. The molecule has 0 rings (SSSR count). The minimum Gasteiger partial charge on any atom is -0.397 e. The highest BCUT2D eigenvalue weighted by atomic mass is 32.1. The number of thiocarbonyl (C=S) groups is 1. The van der Waals surface area contributed by atoms with E-state index in [9.17, 15) is 0 Å². The van der Waals surface area contributed by atoms with Gasteiger partial charge in [0.15, 0.2) is 0 Å². The minimum absolute atomic E-state index is 0.266. The third-order valence-corrected chi connectivity index (χ3v) is 0.831. The Morgan fingerprint density at radius 1 is 1.57 bits per heavy atom. The zero-order valence-electron chi connectivity index (χ0n) is 4.14. The Labute approximate surface area is 48.2 Å². The molecule has 7 heavy (non-hydrogen) atoms. The predicted molar refractivity (Wildman–Crippen MR) is 34.7 cm³/mol. The van der Waals surface area contributed by atoms with E-state index in [2.05, 4.69) is 12.2 Å². The molecule has 0 aromatic carbocycles. The average Bonchev–Trinajstić information content (AvgIpc) is 1.65. The monoisotopic (exact) mass is 116 g/mol. The van der Waals surface area contributed by atoms with E-state index in [0.717, 1.165) is 0 Å². The van der Waals surface area contributed by atoms with E-state index in [0.29, 0.717) is 5.70 Å². The van der Waals surface area contributed by atoms with Crippen LogP contribution < -0.4 is 11.5 Å². The first-order chi connectivity index (χ1) is 3.18. The number of hydrogen-bond acceptors (Lipinski definition) is 2. The van der Waals surface area contributed by atoms with Crippen LogP contribution in [0.5, 0.6) is 0 Å². The van der Waals surface area contributed by atoms with Crippen molar-refractivity contribution in [2.45, 2.75) is 6.92 Å². The van der Waals surface area contributed by atoms with Crippen LogP contribution in [0.3, 0.4) is 0 Å². The van der Waals surface area contributed by atoms with Crippen LogP contribution in [-0.4, -0.2) is 4.99 Å². The second-order valence-electron chi connectivity index (χ2n) is 1.11. The van der Waals surface area contributed by atoms with Gasteiger partial charge in [-0.15, -0.1) is 0 Å². The van der Waals surface area contributed by atoms with Crippen LogP contribution in [0.2, 0.25) is 0 Å². The molecule has 0 amide bonds. The summed E-state index contributed by atoms with van der Waals surface area (Å²) in [6.07, 6.45) is 1.67. The highest BCUT2D eigenvalue weighted by Crippen LogP contribution is 1.79. The van der Waals surface area contributed by atoms with Gasteiger partial charge in [-0.05, 0) is 6.92 Å². The molecule has 0 bridgehead atoms. The van der Waals surface area contributed by atoms with Gasteiger partial charge in [0.1, 0.15) is 4.99 Å². The minimum atomic E-state index is 0.266. The maximum Gasteiger partial charge on any atom is 0.119 e. The number of hydrogen-bond donors (Lipinski definition) is 2. The summed E-state index contributed by atoms with van der Waals surface area (Å²) in [6.45, 7) is 1.79. The Bertz CT molecular complexity index is 106. The molecule has 40 valence electrons.